The molecule has 0 fully saturated rings. The van der Waals surface area contributed by atoms with E-state index in [0.29, 0.717) is 11.4 Å². The number of phenols is 1. The van der Waals surface area contributed by atoms with Crippen LogP contribution in [0.5, 0.6) is 5.75 Å². The number of rotatable bonds is 5. The molecule has 0 saturated heterocycles. The van der Waals surface area contributed by atoms with Gasteiger partial charge < -0.3 is 5.11 Å². The Bertz CT molecular complexity index is 2490. The van der Waals surface area contributed by atoms with E-state index in [9.17, 15) is 5.11 Å². The molecule has 4 nitrogen and oxygen atoms in total. The molecule has 0 saturated carbocycles. The second-order valence-electron chi connectivity index (χ2n) is 13.6. The van der Waals surface area contributed by atoms with E-state index in [1.165, 1.54) is 22.3 Å². The van der Waals surface area contributed by atoms with Crippen LogP contribution in [0.15, 0.2) is 140 Å². The predicted molar refractivity (Wildman–Crippen MR) is 202 cm³/mol. The van der Waals surface area contributed by atoms with Gasteiger partial charge in [-0.05, 0) is 71.0 Å². The minimum Gasteiger partial charge on any atom is -0.507 e. The average molecular weight is 830 g/mol. The van der Waals surface area contributed by atoms with E-state index in [1.807, 2.05) is 36.5 Å². The molecule has 8 rings (SSSR count). The molecule has 0 aliphatic rings. The molecule has 1 N–H and O–H groups in total. The van der Waals surface area contributed by atoms with Gasteiger partial charge in [-0.1, -0.05) is 111 Å². The fourth-order valence-corrected chi connectivity index (χ4v) is 6.90. The topological polar surface area (TPSA) is 50.9 Å². The number of hydrogen-bond acceptors (Lipinski definition) is 3. The summed E-state index contributed by atoms with van der Waals surface area (Å²) in [5.74, 6) is 0.872. The smallest absolute Gasteiger partial charge is 0.148 e. The Labute approximate surface area is 307 Å². The number of para-hydroxylation sites is 2. The summed E-state index contributed by atoms with van der Waals surface area (Å²) in [6.07, 6.45) is 1.86. The zero-order valence-electron chi connectivity index (χ0n) is 28.4. The first-order valence-electron chi connectivity index (χ1n) is 16.7. The van der Waals surface area contributed by atoms with Crippen molar-refractivity contribution in [2.24, 2.45) is 0 Å². The fraction of sp³-hybridized carbons (Fsp3) is 0.111. The average Bonchev–Trinajstić information content (AvgIpc) is 3.51. The quantitative estimate of drug-likeness (QED) is 0.176. The summed E-state index contributed by atoms with van der Waals surface area (Å²) >= 11 is 0. The molecule has 50 heavy (non-hydrogen) atoms. The second kappa shape index (κ2) is 13.2. The summed E-state index contributed by atoms with van der Waals surface area (Å²) in [5.41, 5.74) is 13.2. The molecule has 0 atom stereocenters. The molecule has 0 spiro atoms. The largest absolute Gasteiger partial charge is 0.507 e. The molecule has 0 unspecified atom stereocenters. The first kappa shape index (κ1) is 33.2. The summed E-state index contributed by atoms with van der Waals surface area (Å²) in [5, 5.41) is 12.1. The number of aromatic nitrogens is 3. The van der Waals surface area contributed by atoms with Crippen LogP contribution in [0.25, 0.3) is 72.4 Å². The molecule has 6 aromatic carbocycles. The van der Waals surface area contributed by atoms with Gasteiger partial charge in [-0.25, -0.2) is 4.98 Å². The van der Waals surface area contributed by atoms with Crippen molar-refractivity contribution in [1.29, 1.82) is 0 Å². The van der Waals surface area contributed by atoms with Crippen molar-refractivity contribution in [3.8, 4) is 56.2 Å². The molecule has 0 aliphatic heterocycles. The van der Waals surface area contributed by atoms with Crippen molar-refractivity contribution in [3.05, 3.63) is 157 Å². The summed E-state index contributed by atoms with van der Waals surface area (Å²) in [6.45, 7) is 8.83. The number of benzene rings is 6. The molecule has 0 radical (unpaired) electrons. The Kier molecular flexibility index (Phi) is 8.76. The number of fused-ring (bicyclic) bond motifs is 2. The minimum atomic E-state index is 0. The van der Waals surface area contributed by atoms with Crippen LogP contribution in [0, 0.1) is 13.0 Å². The third-order valence-electron chi connectivity index (χ3n) is 9.35. The molecular formula is C45H36N3OPt-. The van der Waals surface area contributed by atoms with Crippen molar-refractivity contribution in [3.63, 3.8) is 0 Å². The van der Waals surface area contributed by atoms with E-state index in [1.54, 1.807) is 6.07 Å². The zero-order valence-corrected chi connectivity index (χ0v) is 30.7. The standard InChI is InChI=1S/C45H36N3O.Pt/c1-29-27-38(42-37(19-12-26-46-42)41(29)30-13-6-5-7-14-30)32-16-10-15-31(28-32)35-18-11-20-39-43(35)47-44(36-17-8-9-21-40(36)49)48(39)34-24-22-33(23-25-34)45(2,3)4;/h5-27,49H,1-4H3;/q-1;. The molecule has 8 aromatic rings. The van der Waals surface area contributed by atoms with Crippen molar-refractivity contribution < 1.29 is 26.2 Å². The third-order valence-corrected chi connectivity index (χ3v) is 9.35. The monoisotopic (exact) mass is 829 g/mol. The van der Waals surface area contributed by atoms with Gasteiger partial charge in [0.2, 0.25) is 0 Å². The van der Waals surface area contributed by atoms with Crippen LogP contribution in [0.4, 0.5) is 0 Å². The first-order valence-corrected chi connectivity index (χ1v) is 16.7. The first-order chi connectivity index (χ1) is 23.8. The van der Waals surface area contributed by atoms with Gasteiger partial charge in [0.25, 0.3) is 0 Å². The maximum Gasteiger partial charge on any atom is 0.148 e. The summed E-state index contributed by atoms with van der Waals surface area (Å²) in [4.78, 5) is 10.1. The second-order valence-corrected chi connectivity index (χ2v) is 13.6. The summed E-state index contributed by atoms with van der Waals surface area (Å²) < 4.78 is 2.15. The SMILES string of the molecule is Cc1cc(-c2[c-]c(-c3cccc4c3nc(-c3ccccc3O)n4-c3ccc(C(C)(C)C)cc3)ccc2)c2ncccc2c1-c1ccccc1.[Pt]. The van der Waals surface area contributed by atoms with E-state index in [-0.39, 0.29) is 32.2 Å². The minimum absolute atomic E-state index is 0. The van der Waals surface area contributed by atoms with E-state index >= 15 is 0 Å². The molecule has 0 bridgehead atoms. The van der Waals surface area contributed by atoms with Gasteiger partial charge in [0.1, 0.15) is 11.6 Å². The maximum atomic E-state index is 11.0. The van der Waals surface area contributed by atoms with Gasteiger partial charge in [-0.3, -0.25) is 9.55 Å². The van der Waals surface area contributed by atoms with Crippen molar-refractivity contribution in [1.82, 2.24) is 14.5 Å². The maximum absolute atomic E-state index is 11.0. The van der Waals surface area contributed by atoms with Gasteiger partial charge in [0.15, 0.2) is 0 Å². The Hall–Kier alpha value is -5.31. The van der Waals surface area contributed by atoms with Crippen molar-refractivity contribution in [2.45, 2.75) is 33.1 Å². The van der Waals surface area contributed by atoms with Gasteiger partial charge in [-0.15, -0.1) is 35.4 Å². The van der Waals surface area contributed by atoms with Gasteiger partial charge >= 0.3 is 0 Å². The van der Waals surface area contributed by atoms with Crippen LogP contribution in [-0.2, 0) is 26.5 Å². The summed E-state index contributed by atoms with van der Waals surface area (Å²) in [6, 6.07) is 49.3. The number of nitrogens with zero attached hydrogens (tertiary/aromatic N) is 3. The van der Waals surface area contributed by atoms with E-state index < -0.39 is 0 Å². The number of imidazole rings is 1. The summed E-state index contributed by atoms with van der Waals surface area (Å²) in [7, 11) is 0. The zero-order chi connectivity index (χ0) is 33.7. The molecule has 0 aliphatic carbocycles. The van der Waals surface area contributed by atoms with Gasteiger partial charge in [0, 0.05) is 43.9 Å². The predicted octanol–water partition coefficient (Wildman–Crippen LogP) is 11.4. The van der Waals surface area contributed by atoms with Crippen LogP contribution in [-0.4, -0.2) is 19.6 Å². The molecule has 5 heteroatoms. The van der Waals surface area contributed by atoms with Crippen molar-refractivity contribution in [2.75, 3.05) is 0 Å². The Balaban J connectivity index is 0.00000392. The molecule has 2 heterocycles. The van der Waals surface area contributed by atoms with Crippen LogP contribution in [0.3, 0.4) is 0 Å². The van der Waals surface area contributed by atoms with Crippen molar-refractivity contribution >= 4 is 21.9 Å². The Morgan fingerprint density at radius 2 is 1.34 bits per heavy atom. The third kappa shape index (κ3) is 5.84. The molecule has 2 aromatic heterocycles. The van der Waals surface area contributed by atoms with Crippen LogP contribution in [0.1, 0.15) is 31.9 Å². The van der Waals surface area contributed by atoms with Gasteiger partial charge in [0.05, 0.1) is 16.6 Å². The normalized spacial score (nSPS) is 11.5. The van der Waals surface area contributed by atoms with Crippen LogP contribution < -0.4 is 0 Å². The number of pyridine rings is 1. The number of aryl methyl sites for hydroxylation is 1. The molecular weight excluding hydrogens is 794 g/mol. The fourth-order valence-electron chi connectivity index (χ4n) is 6.90. The van der Waals surface area contributed by atoms with Crippen LogP contribution in [0.2, 0.25) is 0 Å². The number of phenolic OH excluding ortho intramolecular Hbond substituents is 1. The van der Waals surface area contributed by atoms with Gasteiger partial charge in [-0.2, -0.15) is 0 Å². The Morgan fingerprint density at radius 1 is 0.660 bits per heavy atom. The van der Waals surface area contributed by atoms with E-state index in [2.05, 4.69) is 135 Å². The number of hydrogen-bond donors (Lipinski definition) is 1. The van der Waals surface area contributed by atoms with E-state index in [4.69, 9.17) is 9.97 Å². The number of aromatic hydroxyl groups is 1. The molecule has 248 valence electrons. The molecule has 0 amide bonds. The Morgan fingerprint density at radius 3 is 2.08 bits per heavy atom. The van der Waals surface area contributed by atoms with Crippen LogP contribution >= 0.6 is 0 Å². The van der Waals surface area contributed by atoms with E-state index in [0.717, 1.165) is 49.9 Å².